The Morgan fingerprint density at radius 2 is 1.57 bits per heavy atom. The molecule has 4 aromatic rings. The van der Waals surface area contributed by atoms with Crippen LogP contribution in [-0.2, 0) is 11.0 Å². The van der Waals surface area contributed by atoms with Crippen molar-refractivity contribution >= 4 is 22.8 Å². The minimum atomic E-state index is -4.36. The number of alkyl halides is 3. The van der Waals surface area contributed by atoms with Crippen LogP contribution in [0.3, 0.4) is 0 Å². The topological polar surface area (TPSA) is 71.3 Å². The highest BCUT2D eigenvalue weighted by atomic mass is 19.4. The van der Waals surface area contributed by atoms with Crippen molar-refractivity contribution < 1.29 is 27.9 Å². The number of hydrogen-bond acceptors (Lipinski definition) is 2. The Labute approximate surface area is 230 Å². The van der Waals surface area contributed by atoms with E-state index < -0.39 is 17.7 Å². The number of amides is 1. The highest BCUT2D eigenvalue weighted by Crippen LogP contribution is 2.40. The first kappa shape index (κ1) is 27.5. The molecule has 1 fully saturated rings. The number of hydrogen-bond donors (Lipinski definition) is 2. The molecule has 3 aromatic carbocycles. The van der Waals surface area contributed by atoms with Gasteiger partial charge in [0.25, 0.3) is 5.91 Å². The summed E-state index contributed by atoms with van der Waals surface area (Å²) >= 11 is 0. The van der Waals surface area contributed by atoms with Gasteiger partial charge in [-0.1, -0.05) is 49.6 Å². The number of carboxylic acid groups (broad SMARTS) is 1. The van der Waals surface area contributed by atoms with Gasteiger partial charge in [0.15, 0.2) is 0 Å². The molecule has 1 aliphatic rings. The van der Waals surface area contributed by atoms with Gasteiger partial charge in [0, 0.05) is 29.2 Å². The van der Waals surface area contributed by atoms with E-state index in [0.717, 1.165) is 52.6 Å². The summed E-state index contributed by atoms with van der Waals surface area (Å²) in [5.41, 5.74) is 3.54. The second-order valence-electron chi connectivity index (χ2n) is 10.4. The van der Waals surface area contributed by atoms with Crippen LogP contribution < -0.4 is 5.32 Å². The van der Waals surface area contributed by atoms with Gasteiger partial charge in [0.05, 0.1) is 18.0 Å². The number of aromatic nitrogens is 1. The van der Waals surface area contributed by atoms with Crippen molar-refractivity contribution in [2.24, 2.45) is 5.92 Å². The lowest BCUT2D eigenvalue weighted by Crippen LogP contribution is -2.26. The molecule has 1 aromatic heterocycles. The van der Waals surface area contributed by atoms with E-state index in [4.69, 9.17) is 5.11 Å². The van der Waals surface area contributed by atoms with Crippen LogP contribution in [0.15, 0.2) is 79.0 Å². The Morgan fingerprint density at radius 3 is 2.23 bits per heavy atom. The second-order valence-corrected chi connectivity index (χ2v) is 10.4. The molecule has 1 heterocycles. The predicted octanol–water partition coefficient (Wildman–Crippen LogP) is 7.70. The van der Waals surface area contributed by atoms with Gasteiger partial charge in [0.2, 0.25) is 0 Å². The van der Waals surface area contributed by atoms with E-state index >= 15 is 0 Å². The highest BCUT2D eigenvalue weighted by molar-refractivity contribution is 5.94. The first-order chi connectivity index (χ1) is 19.2. The highest BCUT2D eigenvalue weighted by Gasteiger charge is 2.30. The molecule has 0 spiro atoms. The van der Waals surface area contributed by atoms with Gasteiger partial charge < -0.3 is 15.0 Å². The van der Waals surface area contributed by atoms with Crippen LogP contribution in [0.4, 0.5) is 13.2 Å². The van der Waals surface area contributed by atoms with Crippen molar-refractivity contribution in [1.82, 2.24) is 9.88 Å². The quantitative estimate of drug-likeness (QED) is 0.237. The maximum Gasteiger partial charge on any atom is 0.416 e. The average Bonchev–Trinajstić information content (AvgIpc) is 3.36. The summed E-state index contributed by atoms with van der Waals surface area (Å²) in [6.07, 6.45) is 3.35. The lowest BCUT2D eigenvalue weighted by atomic mass is 9.80. The molecule has 8 heteroatoms. The van der Waals surface area contributed by atoms with Crippen LogP contribution in [0.5, 0.6) is 0 Å². The average molecular weight is 549 g/mol. The lowest BCUT2D eigenvalue weighted by Gasteiger charge is -2.32. The van der Waals surface area contributed by atoms with Gasteiger partial charge in [-0.15, -0.1) is 0 Å². The van der Waals surface area contributed by atoms with Gasteiger partial charge in [-0.3, -0.25) is 9.59 Å². The van der Waals surface area contributed by atoms with Gasteiger partial charge >= 0.3 is 12.1 Å². The summed E-state index contributed by atoms with van der Waals surface area (Å²) in [7, 11) is 0. The van der Waals surface area contributed by atoms with Crippen LogP contribution in [0, 0.1) is 5.92 Å². The molecule has 1 amide bonds. The number of carbonyl (C=O) groups excluding carboxylic acids is 1. The zero-order valence-electron chi connectivity index (χ0n) is 22.0. The molecule has 0 aliphatic heterocycles. The van der Waals surface area contributed by atoms with Crippen molar-refractivity contribution in [1.29, 1.82) is 0 Å². The number of aliphatic carboxylic acids is 1. The number of rotatable bonds is 8. The first-order valence-corrected chi connectivity index (χ1v) is 13.6. The third-order valence-corrected chi connectivity index (χ3v) is 7.80. The Morgan fingerprint density at radius 1 is 0.900 bits per heavy atom. The van der Waals surface area contributed by atoms with E-state index in [2.05, 4.69) is 16.1 Å². The Balaban J connectivity index is 1.44. The fourth-order valence-electron chi connectivity index (χ4n) is 5.76. The molecule has 0 bridgehead atoms. The molecule has 5 nitrogen and oxygen atoms in total. The number of halogens is 3. The number of nitrogens with zero attached hydrogens (tertiary/aromatic N) is 1. The number of nitrogens with one attached hydrogen (secondary N) is 1. The minimum Gasteiger partial charge on any atom is -0.481 e. The molecule has 1 atom stereocenters. The van der Waals surface area contributed by atoms with Crippen LogP contribution >= 0.6 is 0 Å². The molecule has 1 unspecified atom stereocenters. The minimum absolute atomic E-state index is 0.0684. The zero-order chi connectivity index (χ0) is 28.3. The maximum absolute atomic E-state index is 13.0. The SMILES string of the molecule is O=C(O)CCNC(=O)c1ccc(C(C2CCCCC2)n2ccc3cc(-c4ccc(C(F)(F)F)cc4)ccc32)cc1. The van der Waals surface area contributed by atoms with E-state index in [1.54, 1.807) is 12.1 Å². The van der Waals surface area contributed by atoms with Crippen LogP contribution in [0.2, 0.25) is 0 Å². The third-order valence-electron chi connectivity index (χ3n) is 7.80. The number of carboxylic acids is 1. The Hall–Kier alpha value is -4.07. The summed E-state index contributed by atoms with van der Waals surface area (Å²) in [5.74, 6) is -0.838. The number of fused-ring (bicyclic) bond motifs is 1. The monoisotopic (exact) mass is 548 g/mol. The smallest absolute Gasteiger partial charge is 0.416 e. The van der Waals surface area contributed by atoms with E-state index in [-0.39, 0.29) is 24.9 Å². The van der Waals surface area contributed by atoms with Gasteiger partial charge in [-0.05, 0) is 77.9 Å². The lowest BCUT2D eigenvalue weighted by molar-refractivity contribution is -0.138. The molecule has 2 N–H and O–H groups in total. The Kier molecular flexibility index (Phi) is 7.96. The molecule has 5 rings (SSSR count). The molecule has 0 saturated heterocycles. The van der Waals surface area contributed by atoms with Crippen LogP contribution in [-0.4, -0.2) is 28.1 Å². The normalized spacial score (nSPS) is 15.2. The van der Waals surface area contributed by atoms with Crippen molar-refractivity contribution in [3.8, 4) is 11.1 Å². The maximum atomic E-state index is 13.0. The van der Waals surface area contributed by atoms with Crippen molar-refractivity contribution in [3.05, 3.63) is 95.7 Å². The standard InChI is InChI=1S/C32H31F3N2O3/c33-32(34,35)27-13-10-21(11-14-27)25-12-15-28-26(20-25)17-19-37(28)30(22-4-2-1-3-5-22)23-6-8-24(9-7-23)31(40)36-18-16-29(38)39/h6-15,17,19-20,22,30H,1-5,16,18H2,(H,36,40)(H,38,39). The van der Waals surface area contributed by atoms with E-state index in [1.807, 2.05) is 36.4 Å². The summed E-state index contributed by atoms with van der Waals surface area (Å²) < 4.78 is 41.3. The summed E-state index contributed by atoms with van der Waals surface area (Å²) in [5, 5.41) is 12.5. The molecular formula is C32H31F3N2O3. The van der Waals surface area contributed by atoms with E-state index in [0.29, 0.717) is 11.5 Å². The fourth-order valence-corrected chi connectivity index (χ4v) is 5.76. The summed E-state index contributed by atoms with van der Waals surface area (Å²) in [4.78, 5) is 23.2. The first-order valence-electron chi connectivity index (χ1n) is 13.6. The fraction of sp³-hybridized carbons (Fsp3) is 0.312. The van der Waals surface area contributed by atoms with Crippen LogP contribution in [0.1, 0.15) is 66.1 Å². The van der Waals surface area contributed by atoms with E-state index in [1.165, 1.54) is 31.4 Å². The number of benzene rings is 3. The van der Waals surface area contributed by atoms with Crippen molar-refractivity contribution in [3.63, 3.8) is 0 Å². The second kappa shape index (κ2) is 11.6. The van der Waals surface area contributed by atoms with Crippen molar-refractivity contribution in [2.75, 3.05) is 6.54 Å². The molecule has 40 heavy (non-hydrogen) atoms. The molecule has 208 valence electrons. The zero-order valence-corrected chi connectivity index (χ0v) is 22.0. The molecular weight excluding hydrogens is 517 g/mol. The molecule has 1 aliphatic carbocycles. The predicted molar refractivity (Wildman–Crippen MR) is 148 cm³/mol. The third kappa shape index (κ3) is 6.06. The molecule has 1 saturated carbocycles. The van der Waals surface area contributed by atoms with Crippen LogP contribution in [0.25, 0.3) is 22.0 Å². The largest absolute Gasteiger partial charge is 0.481 e. The number of carbonyl (C=O) groups is 2. The summed E-state index contributed by atoms with van der Waals surface area (Å²) in [6, 6.07) is 20.9. The van der Waals surface area contributed by atoms with Crippen molar-refractivity contribution in [2.45, 2.75) is 50.7 Å². The van der Waals surface area contributed by atoms with Gasteiger partial charge in [-0.2, -0.15) is 13.2 Å². The Bertz CT molecular complexity index is 1480. The van der Waals surface area contributed by atoms with Gasteiger partial charge in [0.1, 0.15) is 0 Å². The summed E-state index contributed by atoms with van der Waals surface area (Å²) in [6.45, 7) is 0.0738. The van der Waals surface area contributed by atoms with Gasteiger partial charge in [-0.25, -0.2) is 0 Å². The molecule has 0 radical (unpaired) electrons. The van der Waals surface area contributed by atoms with E-state index in [9.17, 15) is 22.8 Å².